The predicted octanol–water partition coefficient (Wildman–Crippen LogP) is 2.28. The highest BCUT2D eigenvalue weighted by atomic mass is 32.2. The summed E-state index contributed by atoms with van der Waals surface area (Å²) < 4.78 is 53.0. The van der Waals surface area contributed by atoms with E-state index in [1.54, 1.807) is 24.4 Å². The first-order chi connectivity index (χ1) is 13.4. The third-order valence-electron chi connectivity index (χ3n) is 3.49. The lowest BCUT2D eigenvalue weighted by molar-refractivity contribution is 0.543. The Balaban J connectivity index is 1.54. The van der Waals surface area contributed by atoms with Gasteiger partial charge in [0.2, 0.25) is 10.0 Å². The van der Waals surface area contributed by atoms with Crippen molar-refractivity contribution in [3.63, 3.8) is 0 Å². The molecular weight excluding hydrogens is 390 g/mol. The van der Waals surface area contributed by atoms with Crippen molar-refractivity contribution in [3.8, 4) is 0 Å². The number of nitrogens with zero attached hydrogens (tertiary/aromatic N) is 3. The molecule has 146 valence electrons. The van der Waals surface area contributed by atoms with Crippen LogP contribution in [0.25, 0.3) is 0 Å². The fourth-order valence-electron chi connectivity index (χ4n) is 2.24. The van der Waals surface area contributed by atoms with Crippen LogP contribution >= 0.6 is 0 Å². The van der Waals surface area contributed by atoms with Gasteiger partial charge < -0.3 is 10.6 Å². The van der Waals surface area contributed by atoms with E-state index < -0.39 is 26.6 Å². The van der Waals surface area contributed by atoms with Crippen molar-refractivity contribution in [1.29, 1.82) is 0 Å². The van der Waals surface area contributed by atoms with Gasteiger partial charge >= 0.3 is 0 Å². The Morgan fingerprint density at radius 1 is 0.893 bits per heavy atom. The molecule has 0 spiro atoms. The largest absolute Gasteiger partial charge is 0.369 e. The Bertz CT molecular complexity index is 1050. The van der Waals surface area contributed by atoms with Crippen molar-refractivity contribution < 1.29 is 17.2 Å². The number of hydrogen-bond acceptors (Lipinski definition) is 7. The van der Waals surface area contributed by atoms with Gasteiger partial charge in [-0.05, 0) is 24.3 Å². The van der Waals surface area contributed by atoms with Gasteiger partial charge in [0.25, 0.3) is 0 Å². The minimum Gasteiger partial charge on any atom is -0.369 e. The molecule has 0 amide bonds. The zero-order valence-corrected chi connectivity index (χ0v) is 15.2. The van der Waals surface area contributed by atoms with Crippen molar-refractivity contribution in [2.75, 3.05) is 23.7 Å². The van der Waals surface area contributed by atoms with Gasteiger partial charge in [0, 0.05) is 31.4 Å². The number of nitrogens with one attached hydrogen (secondary N) is 3. The van der Waals surface area contributed by atoms with Gasteiger partial charge in [-0.2, -0.15) is 0 Å². The van der Waals surface area contributed by atoms with Gasteiger partial charge in [-0.25, -0.2) is 36.9 Å². The van der Waals surface area contributed by atoms with E-state index in [1.807, 2.05) is 6.07 Å². The molecule has 8 nitrogen and oxygen atoms in total. The van der Waals surface area contributed by atoms with Gasteiger partial charge in [-0.3, -0.25) is 0 Å². The summed E-state index contributed by atoms with van der Waals surface area (Å²) in [6.07, 6.45) is 2.98. The van der Waals surface area contributed by atoms with Crippen LogP contribution in [0.4, 0.5) is 26.2 Å². The van der Waals surface area contributed by atoms with Gasteiger partial charge in [0.05, 0.1) is 0 Å². The monoisotopic (exact) mass is 406 g/mol. The third kappa shape index (κ3) is 5.18. The number of benzene rings is 1. The van der Waals surface area contributed by atoms with Crippen LogP contribution in [-0.2, 0) is 10.0 Å². The summed E-state index contributed by atoms with van der Waals surface area (Å²) in [5, 5.41) is 5.93. The Hall–Kier alpha value is -3.18. The second-order valence-corrected chi connectivity index (χ2v) is 7.26. The molecule has 3 aromatic rings. The van der Waals surface area contributed by atoms with Crippen LogP contribution in [0.3, 0.4) is 0 Å². The Morgan fingerprint density at radius 2 is 1.71 bits per heavy atom. The summed E-state index contributed by atoms with van der Waals surface area (Å²) in [7, 11) is -4.10. The van der Waals surface area contributed by atoms with E-state index in [4.69, 9.17) is 0 Å². The van der Waals surface area contributed by atoms with E-state index in [0.717, 1.165) is 12.1 Å². The molecule has 3 N–H and O–H groups in total. The molecule has 0 aliphatic heterocycles. The van der Waals surface area contributed by atoms with Crippen molar-refractivity contribution in [1.82, 2.24) is 19.7 Å². The maximum absolute atomic E-state index is 13.6. The number of hydrogen-bond donors (Lipinski definition) is 3. The molecule has 0 radical (unpaired) electrons. The second-order valence-electron chi connectivity index (χ2n) is 5.53. The third-order valence-corrected chi connectivity index (χ3v) is 4.99. The number of halogens is 2. The highest BCUT2D eigenvalue weighted by Gasteiger charge is 2.18. The molecule has 2 aromatic heterocycles. The summed E-state index contributed by atoms with van der Waals surface area (Å²) in [6.45, 7) is 0.147. The van der Waals surface area contributed by atoms with Crippen LogP contribution in [0.15, 0.2) is 59.9 Å². The zero-order chi connectivity index (χ0) is 20.0. The van der Waals surface area contributed by atoms with E-state index in [1.165, 1.54) is 6.33 Å². The van der Waals surface area contributed by atoms with Gasteiger partial charge in [0.15, 0.2) is 0 Å². The Kier molecular flexibility index (Phi) is 6.06. The predicted molar refractivity (Wildman–Crippen MR) is 99.6 cm³/mol. The molecule has 1 aromatic carbocycles. The minimum absolute atomic E-state index is 0.0356. The smallest absolute Gasteiger partial charge is 0.243 e. The summed E-state index contributed by atoms with van der Waals surface area (Å²) in [6, 6.07) is 9.29. The first kappa shape index (κ1) is 19.6. The molecule has 0 atom stereocenters. The van der Waals surface area contributed by atoms with E-state index in [2.05, 4.69) is 30.3 Å². The second kappa shape index (κ2) is 8.67. The first-order valence-corrected chi connectivity index (χ1v) is 9.61. The van der Waals surface area contributed by atoms with E-state index in [0.29, 0.717) is 23.5 Å². The number of rotatable bonds is 8. The molecule has 0 saturated carbocycles. The first-order valence-electron chi connectivity index (χ1n) is 8.13. The SMILES string of the molecule is O=S(=O)(NCCNc1cc(Nc2ccccn2)ncn1)c1ccc(F)cc1F. The van der Waals surface area contributed by atoms with Crippen molar-refractivity contribution in [2.45, 2.75) is 4.90 Å². The Labute approximate surface area is 160 Å². The molecule has 0 bridgehead atoms. The van der Waals surface area contributed by atoms with E-state index >= 15 is 0 Å². The maximum atomic E-state index is 13.6. The summed E-state index contributed by atoms with van der Waals surface area (Å²) in [5.74, 6) is -0.425. The summed E-state index contributed by atoms with van der Waals surface area (Å²) in [4.78, 5) is 11.6. The van der Waals surface area contributed by atoms with Crippen LogP contribution in [0.2, 0.25) is 0 Å². The number of aromatic nitrogens is 3. The van der Waals surface area contributed by atoms with Crippen molar-refractivity contribution in [3.05, 3.63) is 66.6 Å². The molecule has 3 rings (SSSR count). The molecule has 0 aliphatic carbocycles. The fourth-order valence-corrected chi connectivity index (χ4v) is 3.33. The Morgan fingerprint density at radius 3 is 2.46 bits per heavy atom. The maximum Gasteiger partial charge on any atom is 0.243 e. The standard InChI is InChI=1S/C17H16F2N6O2S/c18-12-4-5-14(13(19)9-12)28(26,27)24-8-7-21-16-10-17(23-11-22-16)25-15-3-1-2-6-20-15/h1-6,9-11,24H,7-8H2,(H2,20,21,22,23,25). The van der Waals surface area contributed by atoms with E-state index in [9.17, 15) is 17.2 Å². The molecule has 28 heavy (non-hydrogen) atoms. The molecule has 0 aliphatic rings. The van der Waals surface area contributed by atoms with Crippen LogP contribution in [0, 0.1) is 11.6 Å². The molecule has 0 fully saturated rings. The van der Waals surface area contributed by atoms with Crippen LogP contribution in [0.5, 0.6) is 0 Å². The quantitative estimate of drug-likeness (QED) is 0.493. The number of pyridine rings is 1. The van der Waals surface area contributed by atoms with Gasteiger partial charge in [-0.15, -0.1) is 0 Å². The zero-order valence-electron chi connectivity index (χ0n) is 14.4. The topological polar surface area (TPSA) is 109 Å². The average Bonchev–Trinajstić information content (AvgIpc) is 2.66. The van der Waals surface area contributed by atoms with Gasteiger partial charge in [0.1, 0.15) is 40.3 Å². The summed E-state index contributed by atoms with van der Waals surface area (Å²) >= 11 is 0. The van der Waals surface area contributed by atoms with Crippen LogP contribution < -0.4 is 15.4 Å². The van der Waals surface area contributed by atoms with Crippen molar-refractivity contribution in [2.24, 2.45) is 0 Å². The summed E-state index contributed by atoms with van der Waals surface area (Å²) in [5.41, 5.74) is 0. The number of sulfonamides is 1. The lowest BCUT2D eigenvalue weighted by Gasteiger charge is -2.10. The average molecular weight is 406 g/mol. The molecule has 0 unspecified atom stereocenters. The molecule has 0 saturated heterocycles. The highest BCUT2D eigenvalue weighted by Crippen LogP contribution is 2.15. The lowest BCUT2D eigenvalue weighted by Crippen LogP contribution is -2.29. The molecule has 11 heteroatoms. The normalized spacial score (nSPS) is 11.2. The lowest BCUT2D eigenvalue weighted by atomic mass is 10.3. The highest BCUT2D eigenvalue weighted by molar-refractivity contribution is 7.89. The van der Waals surface area contributed by atoms with Crippen LogP contribution in [0.1, 0.15) is 0 Å². The minimum atomic E-state index is -4.10. The molecular formula is C17H16F2N6O2S. The van der Waals surface area contributed by atoms with Crippen LogP contribution in [-0.4, -0.2) is 36.5 Å². The van der Waals surface area contributed by atoms with Crippen molar-refractivity contribution >= 4 is 27.5 Å². The number of anilines is 3. The van der Waals surface area contributed by atoms with Gasteiger partial charge in [-0.1, -0.05) is 6.07 Å². The fraction of sp³-hybridized carbons (Fsp3) is 0.118. The van der Waals surface area contributed by atoms with E-state index in [-0.39, 0.29) is 13.1 Å². The molecule has 2 heterocycles.